The maximum absolute atomic E-state index is 12.5. The fourth-order valence-electron chi connectivity index (χ4n) is 2.64. The maximum atomic E-state index is 12.5. The summed E-state index contributed by atoms with van der Waals surface area (Å²) in [6.07, 6.45) is 1.53. The molecule has 1 aromatic carbocycles. The number of rotatable bonds is 6. The number of carbonyl (C=O) groups excluding carboxylic acids is 2. The Balaban J connectivity index is 1.57. The number of aryl methyl sites for hydroxylation is 3. The van der Waals surface area contributed by atoms with Gasteiger partial charge in [-0.05, 0) is 38.5 Å². The number of nitrogens with zero attached hydrogens (tertiary/aromatic N) is 3. The van der Waals surface area contributed by atoms with Gasteiger partial charge in [0.1, 0.15) is 16.2 Å². The van der Waals surface area contributed by atoms with Crippen LogP contribution in [0.5, 0.6) is 0 Å². The Hall–Kier alpha value is -2.45. The minimum Gasteiger partial charge on any atom is -0.336 e. The summed E-state index contributed by atoms with van der Waals surface area (Å²) in [5.41, 5.74) is 3.00. The fourth-order valence-corrected chi connectivity index (χ4v) is 4.70. The lowest BCUT2D eigenvalue weighted by molar-refractivity contribution is -0.131. The summed E-state index contributed by atoms with van der Waals surface area (Å²) in [5, 5.41) is 4.62. The van der Waals surface area contributed by atoms with Crippen molar-refractivity contribution in [3.05, 3.63) is 46.6 Å². The summed E-state index contributed by atoms with van der Waals surface area (Å²) in [6, 6.07) is 7.54. The molecule has 28 heavy (non-hydrogen) atoms. The first-order chi connectivity index (χ1) is 13.3. The standard InChI is InChI=1S/C20H22N4O2S2/c1-12-5-7-15(8-6-12)23-16(25)9-24(4)17(26)10-27-19-18-13(2)14(3)28-20(18)22-11-21-19/h5-8,11H,9-10H2,1-4H3,(H,23,25). The van der Waals surface area contributed by atoms with E-state index in [1.165, 1.54) is 27.9 Å². The summed E-state index contributed by atoms with van der Waals surface area (Å²) in [7, 11) is 1.63. The van der Waals surface area contributed by atoms with E-state index in [0.29, 0.717) is 0 Å². The number of nitrogens with one attached hydrogen (secondary N) is 1. The number of amides is 2. The Kier molecular flexibility index (Phi) is 6.31. The summed E-state index contributed by atoms with van der Waals surface area (Å²) in [4.78, 5) is 36.9. The molecule has 0 fully saturated rings. The molecule has 0 aliphatic carbocycles. The number of likely N-dealkylation sites (N-methyl/N-ethyl adjacent to an activating group) is 1. The third-order valence-corrected chi connectivity index (χ3v) is 6.49. The summed E-state index contributed by atoms with van der Waals surface area (Å²) in [6.45, 7) is 6.09. The Labute approximate surface area is 172 Å². The Morgan fingerprint density at radius 2 is 1.86 bits per heavy atom. The molecule has 0 radical (unpaired) electrons. The molecule has 0 aliphatic rings. The van der Waals surface area contributed by atoms with Gasteiger partial charge in [-0.25, -0.2) is 9.97 Å². The Bertz CT molecular complexity index is 1010. The first kappa shape index (κ1) is 20.3. The van der Waals surface area contributed by atoms with Gasteiger partial charge in [0, 0.05) is 23.0 Å². The molecule has 8 heteroatoms. The van der Waals surface area contributed by atoms with Crippen LogP contribution in [0.2, 0.25) is 0 Å². The molecule has 0 spiro atoms. The molecule has 1 N–H and O–H groups in total. The SMILES string of the molecule is Cc1ccc(NC(=O)CN(C)C(=O)CSc2ncnc3sc(C)c(C)c23)cc1. The predicted molar refractivity (Wildman–Crippen MR) is 115 cm³/mol. The molecule has 146 valence electrons. The third kappa shape index (κ3) is 4.69. The second-order valence-electron chi connectivity index (χ2n) is 6.59. The van der Waals surface area contributed by atoms with Crippen LogP contribution in [0.25, 0.3) is 10.2 Å². The molecular weight excluding hydrogens is 392 g/mol. The van der Waals surface area contributed by atoms with Crippen LogP contribution >= 0.6 is 23.1 Å². The van der Waals surface area contributed by atoms with E-state index < -0.39 is 0 Å². The summed E-state index contributed by atoms with van der Waals surface area (Å²) >= 11 is 3.01. The topological polar surface area (TPSA) is 75.2 Å². The minimum atomic E-state index is -0.224. The molecule has 0 atom stereocenters. The van der Waals surface area contributed by atoms with Gasteiger partial charge in [0.2, 0.25) is 11.8 Å². The number of hydrogen-bond acceptors (Lipinski definition) is 6. The van der Waals surface area contributed by atoms with Crippen molar-refractivity contribution in [1.82, 2.24) is 14.9 Å². The lowest BCUT2D eigenvalue weighted by atomic mass is 10.2. The van der Waals surface area contributed by atoms with Gasteiger partial charge in [-0.2, -0.15) is 0 Å². The van der Waals surface area contributed by atoms with E-state index in [9.17, 15) is 9.59 Å². The zero-order valence-corrected chi connectivity index (χ0v) is 17.9. The molecule has 3 rings (SSSR count). The fraction of sp³-hybridized carbons (Fsp3) is 0.300. The highest BCUT2D eigenvalue weighted by atomic mass is 32.2. The zero-order chi connectivity index (χ0) is 20.3. The third-order valence-electron chi connectivity index (χ3n) is 4.40. The monoisotopic (exact) mass is 414 g/mol. The van der Waals surface area contributed by atoms with E-state index >= 15 is 0 Å². The van der Waals surface area contributed by atoms with Gasteiger partial charge in [0.05, 0.1) is 12.3 Å². The van der Waals surface area contributed by atoms with Crippen LogP contribution in [-0.2, 0) is 9.59 Å². The van der Waals surface area contributed by atoms with Gasteiger partial charge < -0.3 is 10.2 Å². The quantitative estimate of drug-likeness (QED) is 0.490. The normalized spacial score (nSPS) is 10.9. The largest absolute Gasteiger partial charge is 0.336 e. The van der Waals surface area contributed by atoms with Crippen LogP contribution in [-0.4, -0.2) is 46.0 Å². The number of thioether (sulfide) groups is 1. The van der Waals surface area contributed by atoms with Crippen molar-refractivity contribution in [1.29, 1.82) is 0 Å². The van der Waals surface area contributed by atoms with Gasteiger partial charge >= 0.3 is 0 Å². The first-order valence-corrected chi connectivity index (χ1v) is 10.6. The van der Waals surface area contributed by atoms with Gasteiger partial charge in [0.15, 0.2) is 0 Å². The predicted octanol–water partition coefficient (Wildman–Crippen LogP) is 3.81. The van der Waals surface area contributed by atoms with E-state index in [2.05, 4.69) is 22.2 Å². The van der Waals surface area contributed by atoms with Crippen molar-refractivity contribution in [3.8, 4) is 0 Å². The maximum Gasteiger partial charge on any atom is 0.243 e. The average molecular weight is 415 g/mol. The number of benzene rings is 1. The van der Waals surface area contributed by atoms with E-state index in [1.807, 2.05) is 38.1 Å². The van der Waals surface area contributed by atoms with Crippen molar-refractivity contribution in [2.75, 3.05) is 24.7 Å². The van der Waals surface area contributed by atoms with Crippen LogP contribution in [0.4, 0.5) is 5.69 Å². The van der Waals surface area contributed by atoms with Crippen LogP contribution < -0.4 is 5.32 Å². The second kappa shape index (κ2) is 8.70. The van der Waals surface area contributed by atoms with Gasteiger partial charge in [-0.15, -0.1) is 11.3 Å². The van der Waals surface area contributed by atoms with Crippen molar-refractivity contribution in [2.24, 2.45) is 0 Å². The van der Waals surface area contributed by atoms with Crippen molar-refractivity contribution < 1.29 is 9.59 Å². The molecule has 0 aliphatic heterocycles. The number of hydrogen-bond donors (Lipinski definition) is 1. The molecule has 0 bridgehead atoms. The molecule has 0 saturated heterocycles. The van der Waals surface area contributed by atoms with Crippen molar-refractivity contribution in [2.45, 2.75) is 25.8 Å². The summed E-state index contributed by atoms with van der Waals surface area (Å²) < 4.78 is 0. The van der Waals surface area contributed by atoms with Crippen LogP contribution in [0.15, 0.2) is 35.6 Å². The smallest absolute Gasteiger partial charge is 0.243 e. The lowest BCUT2D eigenvalue weighted by Gasteiger charge is -2.16. The van der Waals surface area contributed by atoms with E-state index in [-0.39, 0.29) is 24.1 Å². The molecular formula is C20H22N4O2S2. The van der Waals surface area contributed by atoms with E-state index in [1.54, 1.807) is 18.4 Å². The highest BCUT2D eigenvalue weighted by Gasteiger charge is 2.17. The highest BCUT2D eigenvalue weighted by Crippen LogP contribution is 2.34. The zero-order valence-electron chi connectivity index (χ0n) is 16.3. The van der Waals surface area contributed by atoms with Crippen molar-refractivity contribution in [3.63, 3.8) is 0 Å². The number of anilines is 1. The van der Waals surface area contributed by atoms with Gasteiger partial charge in [0.25, 0.3) is 0 Å². The Morgan fingerprint density at radius 3 is 2.57 bits per heavy atom. The molecule has 6 nitrogen and oxygen atoms in total. The number of aromatic nitrogens is 2. The number of thiophene rings is 1. The first-order valence-electron chi connectivity index (χ1n) is 8.79. The average Bonchev–Trinajstić information content (AvgIpc) is 2.96. The van der Waals surface area contributed by atoms with Crippen LogP contribution in [0.3, 0.4) is 0 Å². The van der Waals surface area contributed by atoms with Crippen LogP contribution in [0, 0.1) is 20.8 Å². The van der Waals surface area contributed by atoms with Gasteiger partial charge in [-0.3, -0.25) is 9.59 Å². The van der Waals surface area contributed by atoms with E-state index in [4.69, 9.17) is 0 Å². The Morgan fingerprint density at radius 1 is 1.14 bits per heavy atom. The summed E-state index contributed by atoms with van der Waals surface area (Å²) in [5.74, 6) is -0.131. The lowest BCUT2D eigenvalue weighted by Crippen LogP contribution is -2.35. The molecule has 0 unspecified atom stereocenters. The molecule has 2 heterocycles. The molecule has 3 aromatic rings. The molecule has 2 aromatic heterocycles. The highest BCUT2D eigenvalue weighted by molar-refractivity contribution is 8.00. The second-order valence-corrected chi connectivity index (χ2v) is 8.76. The molecule has 0 saturated carbocycles. The number of carbonyl (C=O) groups is 2. The van der Waals surface area contributed by atoms with E-state index in [0.717, 1.165) is 32.1 Å². The van der Waals surface area contributed by atoms with Crippen LogP contribution in [0.1, 0.15) is 16.0 Å². The number of fused-ring (bicyclic) bond motifs is 1. The van der Waals surface area contributed by atoms with Gasteiger partial charge in [-0.1, -0.05) is 29.5 Å². The minimum absolute atomic E-state index is 0.00302. The van der Waals surface area contributed by atoms with Crippen molar-refractivity contribution >= 4 is 50.8 Å². The molecule has 2 amide bonds.